The number of nitrogens with two attached hydrogens (primary N) is 1. The van der Waals surface area contributed by atoms with Gasteiger partial charge in [-0.3, -0.25) is 4.68 Å². The first-order valence-electron chi connectivity index (χ1n) is 5.16. The Hall–Kier alpha value is -1.04. The quantitative estimate of drug-likeness (QED) is 0.865. The summed E-state index contributed by atoms with van der Waals surface area (Å²) >= 11 is 7.41. The van der Waals surface area contributed by atoms with Gasteiger partial charge in [-0.15, -0.1) is 0 Å². The van der Waals surface area contributed by atoms with Crippen LogP contribution in [-0.4, -0.2) is 21.3 Å². The molecule has 2 rings (SSSR count). The van der Waals surface area contributed by atoms with E-state index in [1.54, 1.807) is 22.6 Å². The molecule has 0 saturated carbocycles. The van der Waals surface area contributed by atoms with Crippen molar-refractivity contribution in [1.82, 2.24) is 14.8 Å². The highest BCUT2D eigenvalue weighted by atomic mass is 35.5. The van der Waals surface area contributed by atoms with Crippen LogP contribution in [0, 0.1) is 0 Å². The third-order valence-electron chi connectivity index (χ3n) is 2.27. The zero-order valence-electron chi connectivity index (χ0n) is 9.38. The molecule has 2 N–H and O–H groups in total. The van der Waals surface area contributed by atoms with Gasteiger partial charge in [0.1, 0.15) is 0 Å². The lowest BCUT2D eigenvalue weighted by Crippen LogP contribution is -2.08. The fourth-order valence-electron chi connectivity index (χ4n) is 1.44. The van der Waals surface area contributed by atoms with E-state index in [9.17, 15) is 0 Å². The average molecular weight is 269 g/mol. The number of aryl methyl sites for hydroxylation is 1. The molecule has 0 fully saturated rings. The van der Waals surface area contributed by atoms with E-state index in [-0.39, 0.29) is 5.25 Å². The molecule has 2 aromatic heterocycles. The summed E-state index contributed by atoms with van der Waals surface area (Å²) in [5, 5.41) is 5.86. The predicted molar refractivity (Wildman–Crippen MR) is 70.1 cm³/mol. The van der Waals surface area contributed by atoms with Gasteiger partial charge in [0.2, 0.25) is 0 Å². The Morgan fingerprint density at radius 2 is 2.29 bits per heavy atom. The van der Waals surface area contributed by atoms with E-state index in [1.165, 1.54) is 0 Å². The second-order valence-electron chi connectivity index (χ2n) is 3.60. The number of nitrogens with zero attached hydrogens (tertiary/aromatic N) is 3. The maximum absolute atomic E-state index is 5.79. The lowest BCUT2D eigenvalue weighted by molar-refractivity contribution is 0.766. The predicted octanol–water partition coefficient (Wildman–Crippen LogP) is 2.26. The minimum atomic E-state index is 0.164. The molecule has 0 aliphatic rings. The van der Waals surface area contributed by atoms with E-state index < -0.39 is 0 Å². The summed E-state index contributed by atoms with van der Waals surface area (Å²) in [6.07, 6.45) is 5.45. The Kier molecular flexibility index (Phi) is 4.04. The SMILES string of the molecule is Cn1cc(C(CN)Sc2ccc(Cl)cn2)cn1. The van der Waals surface area contributed by atoms with Crippen molar-refractivity contribution in [1.29, 1.82) is 0 Å². The zero-order chi connectivity index (χ0) is 12.3. The van der Waals surface area contributed by atoms with Gasteiger partial charge in [-0.2, -0.15) is 5.10 Å². The molecular formula is C11H13ClN4S. The van der Waals surface area contributed by atoms with E-state index in [0.29, 0.717) is 11.6 Å². The van der Waals surface area contributed by atoms with Gasteiger partial charge in [-0.05, 0) is 12.1 Å². The van der Waals surface area contributed by atoms with Crippen molar-refractivity contribution >= 4 is 23.4 Å². The molecule has 1 atom stereocenters. The second-order valence-corrected chi connectivity index (χ2v) is 5.26. The maximum Gasteiger partial charge on any atom is 0.0967 e. The summed E-state index contributed by atoms with van der Waals surface area (Å²) in [7, 11) is 1.89. The van der Waals surface area contributed by atoms with Crippen molar-refractivity contribution in [3.05, 3.63) is 41.3 Å². The molecule has 0 aliphatic heterocycles. The molecule has 17 heavy (non-hydrogen) atoms. The van der Waals surface area contributed by atoms with Crippen molar-refractivity contribution < 1.29 is 0 Å². The minimum Gasteiger partial charge on any atom is -0.329 e. The van der Waals surface area contributed by atoms with Crippen LogP contribution in [0.5, 0.6) is 0 Å². The molecule has 2 heterocycles. The van der Waals surface area contributed by atoms with Gasteiger partial charge in [0.15, 0.2) is 0 Å². The molecule has 0 bridgehead atoms. The van der Waals surface area contributed by atoms with Gasteiger partial charge in [-0.25, -0.2) is 4.98 Å². The fraction of sp³-hybridized carbons (Fsp3) is 0.273. The minimum absolute atomic E-state index is 0.164. The third-order valence-corrected chi connectivity index (χ3v) is 3.73. The molecule has 0 saturated heterocycles. The highest BCUT2D eigenvalue weighted by molar-refractivity contribution is 7.99. The van der Waals surface area contributed by atoms with Crippen molar-refractivity contribution in [2.45, 2.75) is 10.3 Å². The first kappa shape index (κ1) is 12.4. The summed E-state index contributed by atoms with van der Waals surface area (Å²) in [4.78, 5) is 4.25. The van der Waals surface area contributed by atoms with Gasteiger partial charge in [-0.1, -0.05) is 23.4 Å². The van der Waals surface area contributed by atoms with Crippen LogP contribution in [-0.2, 0) is 7.05 Å². The summed E-state index contributed by atoms with van der Waals surface area (Å²) in [6.45, 7) is 0.542. The molecule has 0 radical (unpaired) electrons. The lowest BCUT2D eigenvalue weighted by Gasteiger charge is -2.11. The number of rotatable bonds is 4. The van der Waals surface area contributed by atoms with E-state index in [4.69, 9.17) is 17.3 Å². The van der Waals surface area contributed by atoms with Crippen LogP contribution in [0.25, 0.3) is 0 Å². The Morgan fingerprint density at radius 1 is 1.47 bits per heavy atom. The highest BCUT2D eigenvalue weighted by Crippen LogP contribution is 2.33. The summed E-state index contributed by atoms with van der Waals surface area (Å²) in [5.74, 6) is 0. The van der Waals surface area contributed by atoms with Crippen LogP contribution in [0.2, 0.25) is 5.02 Å². The Bertz CT molecular complexity index is 482. The monoisotopic (exact) mass is 268 g/mol. The van der Waals surface area contributed by atoms with Gasteiger partial charge >= 0.3 is 0 Å². The molecule has 0 amide bonds. The molecule has 6 heteroatoms. The Morgan fingerprint density at radius 3 is 2.82 bits per heavy atom. The smallest absolute Gasteiger partial charge is 0.0967 e. The molecule has 0 aromatic carbocycles. The lowest BCUT2D eigenvalue weighted by atomic mass is 10.2. The normalized spacial score (nSPS) is 12.6. The number of hydrogen-bond acceptors (Lipinski definition) is 4. The van der Waals surface area contributed by atoms with E-state index in [0.717, 1.165) is 10.6 Å². The molecule has 0 spiro atoms. The standard InChI is InChI=1S/C11H13ClN4S/c1-16-7-8(5-15-16)10(4-13)17-11-3-2-9(12)6-14-11/h2-3,5-7,10H,4,13H2,1H3. The maximum atomic E-state index is 5.79. The van der Waals surface area contributed by atoms with Crippen molar-refractivity contribution in [2.24, 2.45) is 12.8 Å². The largest absolute Gasteiger partial charge is 0.329 e. The van der Waals surface area contributed by atoms with E-state index in [1.807, 2.05) is 31.6 Å². The van der Waals surface area contributed by atoms with E-state index in [2.05, 4.69) is 10.1 Å². The van der Waals surface area contributed by atoms with Gasteiger partial charge in [0, 0.05) is 31.5 Å². The number of aromatic nitrogens is 3. The molecular weight excluding hydrogens is 256 g/mol. The van der Waals surface area contributed by atoms with Crippen LogP contribution >= 0.6 is 23.4 Å². The fourth-order valence-corrected chi connectivity index (χ4v) is 2.45. The van der Waals surface area contributed by atoms with E-state index >= 15 is 0 Å². The Balaban J connectivity index is 2.12. The van der Waals surface area contributed by atoms with Crippen LogP contribution in [0.1, 0.15) is 10.8 Å². The first-order chi connectivity index (χ1) is 8.19. The zero-order valence-corrected chi connectivity index (χ0v) is 10.9. The van der Waals surface area contributed by atoms with Crippen molar-refractivity contribution in [2.75, 3.05) is 6.54 Å². The highest BCUT2D eigenvalue weighted by Gasteiger charge is 2.13. The summed E-state index contributed by atoms with van der Waals surface area (Å²) in [5.41, 5.74) is 6.89. The summed E-state index contributed by atoms with van der Waals surface area (Å²) in [6, 6.07) is 3.72. The van der Waals surface area contributed by atoms with Gasteiger partial charge in [0.25, 0.3) is 0 Å². The van der Waals surface area contributed by atoms with Crippen molar-refractivity contribution in [3.63, 3.8) is 0 Å². The number of hydrogen-bond donors (Lipinski definition) is 1. The number of thioether (sulfide) groups is 1. The second kappa shape index (κ2) is 5.53. The molecule has 2 aromatic rings. The molecule has 1 unspecified atom stereocenters. The third kappa shape index (κ3) is 3.21. The van der Waals surface area contributed by atoms with Gasteiger partial charge < -0.3 is 5.73 Å². The average Bonchev–Trinajstić information content (AvgIpc) is 2.75. The van der Waals surface area contributed by atoms with Crippen LogP contribution in [0.4, 0.5) is 0 Å². The van der Waals surface area contributed by atoms with Gasteiger partial charge in [0.05, 0.1) is 21.5 Å². The number of halogens is 1. The summed E-state index contributed by atoms with van der Waals surface area (Å²) < 4.78 is 1.77. The van der Waals surface area contributed by atoms with Crippen LogP contribution in [0.3, 0.4) is 0 Å². The first-order valence-corrected chi connectivity index (χ1v) is 6.41. The topological polar surface area (TPSA) is 56.7 Å². The van der Waals surface area contributed by atoms with Crippen LogP contribution < -0.4 is 5.73 Å². The Labute approximate surface area is 109 Å². The van der Waals surface area contributed by atoms with Crippen molar-refractivity contribution in [3.8, 4) is 0 Å². The molecule has 4 nitrogen and oxygen atoms in total. The molecule has 90 valence electrons. The van der Waals surface area contributed by atoms with Crippen LogP contribution in [0.15, 0.2) is 35.7 Å². The number of pyridine rings is 1. The molecule has 0 aliphatic carbocycles.